The molecule has 0 unspecified atom stereocenters. The SMILES string of the molecule is C[C@H]1CCCCN(c2ccc(CBr)cc2)C1=O. The zero-order chi connectivity index (χ0) is 12.3. The summed E-state index contributed by atoms with van der Waals surface area (Å²) in [5.74, 6) is 0.433. The minimum Gasteiger partial charge on any atom is -0.312 e. The molecule has 0 spiro atoms. The second kappa shape index (κ2) is 5.67. The fraction of sp³-hybridized carbons (Fsp3) is 0.500. The Morgan fingerprint density at radius 3 is 2.65 bits per heavy atom. The quantitative estimate of drug-likeness (QED) is 0.761. The van der Waals surface area contributed by atoms with E-state index in [1.807, 2.05) is 24.0 Å². The molecule has 17 heavy (non-hydrogen) atoms. The smallest absolute Gasteiger partial charge is 0.229 e. The second-order valence-electron chi connectivity index (χ2n) is 4.69. The number of anilines is 1. The predicted octanol–water partition coefficient (Wildman–Crippen LogP) is 3.73. The van der Waals surface area contributed by atoms with Crippen LogP contribution >= 0.6 is 15.9 Å². The van der Waals surface area contributed by atoms with Gasteiger partial charge in [-0.1, -0.05) is 41.4 Å². The van der Waals surface area contributed by atoms with E-state index in [-0.39, 0.29) is 11.8 Å². The Hall–Kier alpha value is -0.830. The van der Waals surface area contributed by atoms with Crippen LogP contribution in [-0.2, 0) is 10.1 Å². The maximum Gasteiger partial charge on any atom is 0.229 e. The van der Waals surface area contributed by atoms with E-state index >= 15 is 0 Å². The molecule has 1 aliphatic rings. The molecule has 1 aromatic carbocycles. The number of nitrogens with zero attached hydrogens (tertiary/aromatic N) is 1. The third-order valence-electron chi connectivity index (χ3n) is 3.36. The van der Waals surface area contributed by atoms with Crippen LogP contribution in [0.1, 0.15) is 31.7 Å². The summed E-state index contributed by atoms with van der Waals surface area (Å²) in [6.07, 6.45) is 3.29. The van der Waals surface area contributed by atoms with Crippen LogP contribution in [0.5, 0.6) is 0 Å². The third kappa shape index (κ3) is 2.89. The molecule has 1 aromatic rings. The highest BCUT2D eigenvalue weighted by atomic mass is 79.9. The number of rotatable bonds is 2. The summed E-state index contributed by atoms with van der Waals surface area (Å²) >= 11 is 3.43. The van der Waals surface area contributed by atoms with Crippen LogP contribution in [0, 0.1) is 5.92 Å². The fourth-order valence-electron chi connectivity index (χ4n) is 2.24. The number of benzene rings is 1. The minimum absolute atomic E-state index is 0.161. The molecule has 0 radical (unpaired) electrons. The van der Waals surface area contributed by atoms with Crippen molar-refractivity contribution < 1.29 is 4.79 Å². The monoisotopic (exact) mass is 295 g/mol. The van der Waals surface area contributed by atoms with Gasteiger partial charge in [-0.25, -0.2) is 0 Å². The molecule has 1 saturated heterocycles. The van der Waals surface area contributed by atoms with E-state index in [1.54, 1.807) is 0 Å². The lowest BCUT2D eigenvalue weighted by atomic mass is 10.1. The standard InChI is InChI=1S/C14H18BrNO/c1-11-4-2-3-9-16(14(11)17)13-7-5-12(10-15)6-8-13/h5-8,11H,2-4,9-10H2,1H3/t11-/m0/s1. The highest BCUT2D eigenvalue weighted by Gasteiger charge is 2.24. The van der Waals surface area contributed by atoms with Gasteiger partial charge < -0.3 is 4.90 Å². The lowest BCUT2D eigenvalue weighted by Crippen LogP contribution is -2.33. The van der Waals surface area contributed by atoms with Crippen molar-refractivity contribution in [3.63, 3.8) is 0 Å². The molecule has 0 N–H and O–H groups in total. The van der Waals surface area contributed by atoms with Gasteiger partial charge in [0.15, 0.2) is 0 Å². The molecule has 1 atom stereocenters. The molecule has 2 rings (SSSR count). The van der Waals surface area contributed by atoms with Gasteiger partial charge in [0.2, 0.25) is 5.91 Å². The van der Waals surface area contributed by atoms with Crippen LogP contribution in [0.15, 0.2) is 24.3 Å². The van der Waals surface area contributed by atoms with Crippen molar-refractivity contribution in [2.75, 3.05) is 11.4 Å². The summed E-state index contributed by atoms with van der Waals surface area (Å²) in [5.41, 5.74) is 2.28. The summed E-state index contributed by atoms with van der Waals surface area (Å²) in [6.45, 7) is 2.89. The third-order valence-corrected chi connectivity index (χ3v) is 4.01. The van der Waals surface area contributed by atoms with Gasteiger partial charge in [-0.2, -0.15) is 0 Å². The van der Waals surface area contributed by atoms with Crippen LogP contribution in [-0.4, -0.2) is 12.5 Å². The molecular formula is C14H18BrNO. The van der Waals surface area contributed by atoms with Crippen molar-refractivity contribution in [3.05, 3.63) is 29.8 Å². The number of hydrogen-bond donors (Lipinski definition) is 0. The molecule has 3 heteroatoms. The van der Waals surface area contributed by atoms with Gasteiger partial charge >= 0.3 is 0 Å². The minimum atomic E-state index is 0.161. The molecule has 0 saturated carbocycles. The van der Waals surface area contributed by atoms with Crippen LogP contribution in [0.4, 0.5) is 5.69 Å². The number of hydrogen-bond acceptors (Lipinski definition) is 1. The molecule has 1 amide bonds. The summed E-state index contributed by atoms with van der Waals surface area (Å²) in [4.78, 5) is 14.2. The molecular weight excluding hydrogens is 278 g/mol. The molecule has 1 aliphatic heterocycles. The molecule has 1 heterocycles. The summed E-state index contributed by atoms with van der Waals surface area (Å²) in [6, 6.07) is 8.25. The van der Waals surface area contributed by atoms with Crippen molar-refractivity contribution >= 4 is 27.5 Å². The Balaban J connectivity index is 2.21. The average molecular weight is 296 g/mol. The Morgan fingerprint density at radius 1 is 1.29 bits per heavy atom. The number of amides is 1. The first-order chi connectivity index (χ1) is 8.22. The zero-order valence-corrected chi connectivity index (χ0v) is 11.7. The van der Waals surface area contributed by atoms with E-state index in [0.717, 1.165) is 36.8 Å². The van der Waals surface area contributed by atoms with Crippen molar-refractivity contribution in [1.82, 2.24) is 0 Å². The zero-order valence-electron chi connectivity index (χ0n) is 10.2. The number of carbonyl (C=O) groups is 1. The largest absolute Gasteiger partial charge is 0.312 e. The normalized spacial score (nSPS) is 21.4. The van der Waals surface area contributed by atoms with Gasteiger partial charge in [-0.15, -0.1) is 0 Å². The first kappa shape index (κ1) is 12.6. The topological polar surface area (TPSA) is 20.3 Å². The Labute approximate surface area is 111 Å². The predicted molar refractivity (Wildman–Crippen MR) is 74.4 cm³/mol. The van der Waals surface area contributed by atoms with Crippen LogP contribution < -0.4 is 4.90 Å². The molecule has 0 aromatic heterocycles. The molecule has 92 valence electrons. The van der Waals surface area contributed by atoms with Crippen molar-refractivity contribution in [2.24, 2.45) is 5.92 Å². The number of carbonyl (C=O) groups excluding carboxylic acids is 1. The van der Waals surface area contributed by atoms with Crippen LogP contribution in [0.3, 0.4) is 0 Å². The highest BCUT2D eigenvalue weighted by Crippen LogP contribution is 2.24. The fourth-order valence-corrected chi connectivity index (χ4v) is 2.62. The van der Waals surface area contributed by atoms with Gasteiger partial charge in [0, 0.05) is 23.5 Å². The summed E-state index contributed by atoms with van der Waals surface area (Å²) < 4.78 is 0. The van der Waals surface area contributed by atoms with Crippen molar-refractivity contribution in [1.29, 1.82) is 0 Å². The van der Waals surface area contributed by atoms with Gasteiger partial charge in [0.05, 0.1) is 0 Å². The molecule has 0 aliphatic carbocycles. The van der Waals surface area contributed by atoms with Gasteiger partial charge in [0.1, 0.15) is 0 Å². The lowest BCUT2D eigenvalue weighted by molar-refractivity contribution is -0.121. The van der Waals surface area contributed by atoms with E-state index in [1.165, 1.54) is 5.56 Å². The van der Waals surface area contributed by atoms with Crippen molar-refractivity contribution in [3.8, 4) is 0 Å². The van der Waals surface area contributed by atoms with Gasteiger partial charge in [-0.3, -0.25) is 4.79 Å². The maximum atomic E-state index is 12.2. The summed E-state index contributed by atoms with van der Waals surface area (Å²) in [5, 5.41) is 0.859. The lowest BCUT2D eigenvalue weighted by Gasteiger charge is -2.23. The van der Waals surface area contributed by atoms with E-state index in [9.17, 15) is 4.79 Å². The van der Waals surface area contributed by atoms with Gasteiger partial charge in [-0.05, 0) is 30.5 Å². The van der Waals surface area contributed by atoms with E-state index in [2.05, 4.69) is 28.1 Å². The van der Waals surface area contributed by atoms with Crippen molar-refractivity contribution in [2.45, 2.75) is 31.5 Å². The van der Waals surface area contributed by atoms with Crippen LogP contribution in [0.2, 0.25) is 0 Å². The summed E-state index contributed by atoms with van der Waals surface area (Å²) in [7, 11) is 0. The van der Waals surface area contributed by atoms with E-state index in [0.29, 0.717) is 0 Å². The molecule has 0 bridgehead atoms. The molecule has 1 fully saturated rings. The Bertz CT molecular complexity index is 388. The Morgan fingerprint density at radius 2 is 2.00 bits per heavy atom. The Kier molecular flexibility index (Phi) is 4.21. The first-order valence-electron chi connectivity index (χ1n) is 6.18. The van der Waals surface area contributed by atoms with Crippen LogP contribution in [0.25, 0.3) is 0 Å². The first-order valence-corrected chi connectivity index (χ1v) is 7.31. The molecule has 2 nitrogen and oxygen atoms in total. The maximum absolute atomic E-state index is 12.2. The van der Waals surface area contributed by atoms with Gasteiger partial charge in [0.25, 0.3) is 0 Å². The van der Waals surface area contributed by atoms with E-state index in [4.69, 9.17) is 0 Å². The van der Waals surface area contributed by atoms with E-state index < -0.39 is 0 Å². The highest BCUT2D eigenvalue weighted by molar-refractivity contribution is 9.08. The second-order valence-corrected chi connectivity index (χ2v) is 5.25. The number of alkyl halides is 1. The average Bonchev–Trinajstić information content (AvgIpc) is 2.53. The number of halogens is 1.